The topological polar surface area (TPSA) is 58.9 Å². The standard InChI is InChI=1S/C9H18N6/c1-14-9(11-12-13-14)10-5-4-8-15-6-2-3-7-15/h2-8H2,1H3,(H,10,11,13). The van der Waals surface area contributed by atoms with Crippen molar-refractivity contribution >= 4 is 5.95 Å². The molecular weight excluding hydrogens is 192 g/mol. The van der Waals surface area contributed by atoms with Crippen LogP contribution in [0.5, 0.6) is 0 Å². The number of anilines is 1. The second kappa shape index (κ2) is 5.06. The van der Waals surface area contributed by atoms with E-state index in [4.69, 9.17) is 0 Å². The van der Waals surface area contributed by atoms with Crippen molar-refractivity contribution in [2.45, 2.75) is 19.3 Å². The number of hydrogen-bond acceptors (Lipinski definition) is 5. The Morgan fingerprint density at radius 2 is 2.13 bits per heavy atom. The van der Waals surface area contributed by atoms with Crippen molar-refractivity contribution in [3.63, 3.8) is 0 Å². The van der Waals surface area contributed by atoms with Crippen molar-refractivity contribution in [1.82, 2.24) is 25.1 Å². The Morgan fingerprint density at radius 3 is 2.80 bits per heavy atom. The average molecular weight is 210 g/mol. The zero-order valence-electron chi connectivity index (χ0n) is 9.19. The number of nitrogens with one attached hydrogen (secondary N) is 1. The van der Waals surface area contributed by atoms with Gasteiger partial charge in [-0.25, -0.2) is 4.68 Å². The lowest BCUT2D eigenvalue weighted by molar-refractivity contribution is 0.337. The summed E-state index contributed by atoms with van der Waals surface area (Å²) in [6.07, 6.45) is 3.87. The number of tetrazole rings is 1. The molecule has 1 aromatic heterocycles. The molecule has 84 valence electrons. The van der Waals surface area contributed by atoms with E-state index in [-0.39, 0.29) is 0 Å². The Hall–Kier alpha value is -1.17. The third-order valence-corrected chi connectivity index (χ3v) is 2.75. The smallest absolute Gasteiger partial charge is 0.242 e. The molecule has 0 radical (unpaired) electrons. The molecular formula is C9H18N6. The van der Waals surface area contributed by atoms with Gasteiger partial charge in [0.25, 0.3) is 0 Å². The Kier molecular flexibility index (Phi) is 3.49. The van der Waals surface area contributed by atoms with Crippen molar-refractivity contribution in [2.75, 3.05) is 31.5 Å². The lowest BCUT2D eigenvalue weighted by Gasteiger charge is -2.14. The molecule has 6 nitrogen and oxygen atoms in total. The number of nitrogens with zero attached hydrogens (tertiary/aromatic N) is 5. The Balaban J connectivity index is 1.60. The SMILES string of the molecule is Cn1nnnc1NCCCN1CCCC1. The van der Waals surface area contributed by atoms with Crippen LogP contribution in [0.4, 0.5) is 5.95 Å². The molecule has 15 heavy (non-hydrogen) atoms. The van der Waals surface area contributed by atoms with Crippen molar-refractivity contribution in [1.29, 1.82) is 0 Å². The van der Waals surface area contributed by atoms with E-state index in [2.05, 4.69) is 25.7 Å². The van der Waals surface area contributed by atoms with Crippen molar-refractivity contribution in [2.24, 2.45) is 7.05 Å². The summed E-state index contributed by atoms with van der Waals surface area (Å²) in [6.45, 7) is 4.65. The van der Waals surface area contributed by atoms with Gasteiger partial charge in [0.1, 0.15) is 0 Å². The second-order valence-corrected chi connectivity index (χ2v) is 3.96. The summed E-state index contributed by atoms with van der Waals surface area (Å²) in [5.41, 5.74) is 0. The Labute approximate surface area is 89.6 Å². The molecule has 0 amide bonds. The summed E-state index contributed by atoms with van der Waals surface area (Å²) in [5, 5.41) is 14.4. The molecule has 0 spiro atoms. The van der Waals surface area contributed by atoms with Gasteiger partial charge in [0.15, 0.2) is 0 Å². The highest BCUT2D eigenvalue weighted by Crippen LogP contribution is 2.07. The van der Waals surface area contributed by atoms with Gasteiger partial charge in [-0.2, -0.15) is 0 Å². The quantitative estimate of drug-likeness (QED) is 0.699. The zero-order chi connectivity index (χ0) is 10.5. The highest BCUT2D eigenvalue weighted by molar-refractivity contribution is 5.20. The van der Waals surface area contributed by atoms with Gasteiger partial charge in [-0.1, -0.05) is 5.10 Å². The van der Waals surface area contributed by atoms with E-state index >= 15 is 0 Å². The first-order valence-corrected chi connectivity index (χ1v) is 5.55. The van der Waals surface area contributed by atoms with Gasteiger partial charge in [-0.05, 0) is 49.3 Å². The molecule has 1 aliphatic rings. The number of rotatable bonds is 5. The predicted molar refractivity (Wildman–Crippen MR) is 57.6 cm³/mol. The van der Waals surface area contributed by atoms with Crippen LogP contribution in [0.2, 0.25) is 0 Å². The largest absolute Gasteiger partial charge is 0.353 e. The summed E-state index contributed by atoms with van der Waals surface area (Å²) in [6, 6.07) is 0. The summed E-state index contributed by atoms with van der Waals surface area (Å²) in [4.78, 5) is 2.51. The molecule has 1 saturated heterocycles. The third kappa shape index (κ3) is 2.89. The van der Waals surface area contributed by atoms with Crippen molar-refractivity contribution < 1.29 is 0 Å². The molecule has 2 heterocycles. The normalized spacial score (nSPS) is 17.1. The van der Waals surface area contributed by atoms with E-state index in [1.54, 1.807) is 4.68 Å². The lowest BCUT2D eigenvalue weighted by atomic mass is 10.4. The minimum Gasteiger partial charge on any atom is -0.353 e. The third-order valence-electron chi connectivity index (χ3n) is 2.75. The maximum Gasteiger partial charge on any atom is 0.242 e. The predicted octanol–water partition coefficient (Wildman–Crippen LogP) is 0.108. The van der Waals surface area contributed by atoms with Gasteiger partial charge < -0.3 is 10.2 Å². The molecule has 1 fully saturated rings. The number of aromatic nitrogens is 4. The van der Waals surface area contributed by atoms with Crippen LogP contribution in [0.1, 0.15) is 19.3 Å². The molecule has 0 aliphatic carbocycles. The monoisotopic (exact) mass is 210 g/mol. The van der Waals surface area contributed by atoms with Crippen molar-refractivity contribution in [3.05, 3.63) is 0 Å². The Bertz CT molecular complexity index is 291. The second-order valence-electron chi connectivity index (χ2n) is 3.96. The van der Waals surface area contributed by atoms with Crippen LogP contribution in [0, 0.1) is 0 Å². The van der Waals surface area contributed by atoms with Crippen LogP contribution >= 0.6 is 0 Å². The molecule has 1 N–H and O–H groups in total. The zero-order valence-corrected chi connectivity index (χ0v) is 9.19. The fourth-order valence-corrected chi connectivity index (χ4v) is 1.89. The van der Waals surface area contributed by atoms with E-state index < -0.39 is 0 Å². The van der Waals surface area contributed by atoms with Gasteiger partial charge in [0, 0.05) is 13.6 Å². The van der Waals surface area contributed by atoms with E-state index in [0.29, 0.717) is 0 Å². The first kappa shape index (κ1) is 10.4. The maximum atomic E-state index is 3.86. The van der Waals surface area contributed by atoms with Crippen LogP contribution < -0.4 is 5.32 Å². The van der Waals surface area contributed by atoms with Crippen LogP contribution in [0.15, 0.2) is 0 Å². The van der Waals surface area contributed by atoms with Gasteiger partial charge in [-0.3, -0.25) is 0 Å². The van der Waals surface area contributed by atoms with E-state index in [1.807, 2.05) is 7.05 Å². The molecule has 0 bridgehead atoms. The summed E-state index contributed by atoms with van der Waals surface area (Å²) >= 11 is 0. The Morgan fingerprint density at radius 1 is 1.33 bits per heavy atom. The minimum absolute atomic E-state index is 0.747. The van der Waals surface area contributed by atoms with Gasteiger partial charge in [-0.15, -0.1) is 0 Å². The number of likely N-dealkylation sites (tertiary alicyclic amines) is 1. The van der Waals surface area contributed by atoms with Gasteiger partial charge >= 0.3 is 0 Å². The highest BCUT2D eigenvalue weighted by atomic mass is 15.6. The molecule has 1 aliphatic heterocycles. The van der Waals surface area contributed by atoms with Crippen LogP contribution in [-0.2, 0) is 7.05 Å². The molecule has 0 saturated carbocycles. The molecule has 0 atom stereocenters. The van der Waals surface area contributed by atoms with Crippen LogP contribution in [0.25, 0.3) is 0 Å². The first-order chi connectivity index (χ1) is 7.36. The van der Waals surface area contributed by atoms with Crippen molar-refractivity contribution in [3.8, 4) is 0 Å². The molecule has 1 aromatic rings. The minimum atomic E-state index is 0.747. The van der Waals surface area contributed by atoms with E-state index in [0.717, 1.165) is 18.9 Å². The van der Waals surface area contributed by atoms with E-state index in [1.165, 1.54) is 32.5 Å². The fourth-order valence-electron chi connectivity index (χ4n) is 1.89. The molecule has 2 rings (SSSR count). The summed E-state index contributed by atoms with van der Waals surface area (Å²) < 4.78 is 1.65. The van der Waals surface area contributed by atoms with Crippen LogP contribution in [0.3, 0.4) is 0 Å². The van der Waals surface area contributed by atoms with E-state index in [9.17, 15) is 0 Å². The highest BCUT2D eigenvalue weighted by Gasteiger charge is 2.10. The van der Waals surface area contributed by atoms with Gasteiger partial charge in [0.2, 0.25) is 5.95 Å². The number of aryl methyl sites for hydroxylation is 1. The maximum absolute atomic E-state index is 3.86. The molecule has 0 unspecified atom stereocenters. The van der Waals surface area contributed by atoms with Gasteiger partial charge in [0.05, 0.1) is 0 Å². The number of hydrogen-bond donors (Lipinski definition) is 1. The summed E-state index contributed by atoms with van der Waals surface area (Å²) in [5.74, 6) is 0.747. The average Bonchev–Trinajstić information content (AvgIpc) is 2.85. The lowest BCUT2D eigenvalue weighted by Crippen LogP contribution is -2.22. The first-order valence-electron chi connectivity index (χ1n) is 5.55. The summed E-state index contributed by atoms with van der Waals surface area (Å²) in [7, 11) is 1.84. The van der Waals surface area contributed by atoms with Crippen LogP contribution in [-0.4, -0.2) is 51.3 Å². The fraction of sp³-hybridized carbons (Fsp3) is 0.889. The molecule has 0 aromatic carbocycles. The molecule has 6 heteroatoms.